The van der Waals surface area contributed by atoms with Gasteiger partial charge in [0.25, 0.3) is 0 Å². The van der Waals surface area contributed by atoms with Crippen molar-refractivity contribution >= 4 is 11.6 Å². The number of hydrogen-bond acceptors (Lipinski definition) is 4. The summed E-state index contributed by atoms with van der Waals surface area (Å²) >= 11 is 0. The molecule has 2 aromatic rings. The third-order valence-corrected chi connectivity index (χ3v) is 3.62. The standard InChI is InChI=1S/C17H14O4/c1-3-21-12-8-9(2)15(18)14-13(12)16(19)10-6-4-5-7-11(10)17(14)20/h4-8,18H,3H2,1-2H3. The highest BCUT2D eigenvalue weighted by Crippen LogP contribution is 2.40. The minimum absolute atomic E-state index is 0.0437. The molecule has 2 aromatic carbocycles. The number of carbonyl (C=O) groups excluding carboxylic acids is 2. The molecule has 1 aliphatic rings. The van der Waals surface area contributed by atoms with Gasteiger partial charge in [0.1, 0.15) is 11.5 Å². The van der Waals surface area contributed by atoms with E-state index in [0.29, 0.717) is 29.0 Å². The summed E-state index contributed by atoms with van der Waals surface area (Å²) in [4.78, 5) is 25.3. The van der Waals surface area contributed by atoms with E-state index in [1.807, 2.05) is 0 Å². The quantitative estimate of drug-likeness (QED) is 0.785. The molecule has 1 aliphatic carbocycles. The number of ketones is 2. The molecule has 0 spiro atoms. The third-order valence-electron chi connectivity index (χ3n) is 3.62. The number of rotatable bonds is 2. The molecular formula is C17H14O4. The predicted octanol–water partition coefficient (Wildman–Crippen LogP) is 2.87. The van der Waals surface area contributed by atoms with Crippen molar-refractivity contribution in [2.75, 3.05) is 6.61 Å². The van der Waals surface area contributed by atoms with Gasteiger partial charge < -0.3 is 9.84 Å². The average molecular weight is 282 g/mol. The van der Waals surface area contributed by atoms with Crippen LogP contribution in [0.25, 0.3) is 0 Å². The second kappa shape index (κ2) is 4.74. The first-order valence-corrected chi connectivity index (χ1v) is 6.74. The number of aryl methyl sites for hydroxylation is 1. The van der Waals surface area contributed by atoms with Crippen molar-refractivity contribution in [3.8, 4) is 11.5 Å². The summed E-state index contributed by atoms with van der Waals surface area (Å²) in [6.07, 6.45) is 0. The molecule has 3 rings (SSSR count). The molecule has 4 nitrogen and oxygen atoms in total. The topological polar surface area (TPSA) is 63.6 Å². The minimum atomic E-state index is -0.345. The lowest BCUT2D eigenvalue weighted by Crippen LogP contribution is -2.22. The summed E-state index contributed by atoms with van der Waals surface area (Å²) in [7, 11) is 0. The Bertz CT molecular complexity index is 775. The lowest BCUT2D eigenvalue weighted by molar-refractivity contribution is 0.0973. The van der Waals surface area contributed by atoms with Crippen LogP contribution in [-0.4, -0.2) is 23.3 Å². The van der Waals surface area contributed by atoms with Crippen LogP contribution in [0.2, 0.25) is 0 Å². The molecule has 0 saturated heterocycles. The molecule has 0 aromatic heterocycles. The summed E-state index contributed by atoms with van der Waals surface area (Å²) in [6, 6.07) is 8.22. The molecule has 0 atom stereocenters. The summed E-state index contributed by atoms with van der Waals surface area (Å²) in [5, 5.41) is 10.2. The Morgan fingerprint density at radius 2 is 1.62 bits per heavy atom. The van der Waals surface area contributed by atoms with Crippen LogP contribution in [0.15, 0.2) is 30.3 Å². The van der Waals surface area contributed by atoms with E-state index in [1.165, 1.54) is 0 Å². The third kappa shape index (κ3) is 1.83. The zero-order valence-corrected chi connectivity index (χ0v) is 11.8. The van der Waals surface area contributed by atoms with E-state index in [4.69, 9.17) is 4.74 Å². The van der Waals surface area contributed by atoms with Gasteiger partial charge in [-0.15, -0.1) is 0 Å². The van der Waals surface area contributed by atoms with Crippen molar-refractivity contribution < 1.29 is 19.4 Å². The van der Waals surface area contributed by atoms with E-state index in [-0.39, 0.29) is 28.4 Å². The fourth-order valence-electron chi connectivity index (χ4n) is 2.64. The minimum Gasteiger partial charge on any atom is -0.507 e. The van der Waals surface area contributed by atoms with Gasteiger partial charge >= 0.3 is 0 Å². The SMILES string of the molecule is CCOc1cc(C)c(O)c2c1C(=O)c1ccccc1C2=O. The summed E-state index contributed by atoms with van der Waals surface area (Å²) in [5.74, 6) is -0.446. The van der Waals surface area contributed by atoms with Crippen molar-refractivity contribution in [1.29, 1.82) is 0 Å². The van der Waals surface area contributed by atoms with Gasteiger partial charge in [0, 0.05) is 11.1 Å². The number of phenols is 1. The van der Waals surface area contributed by atoms with E-state index in [0.717, 1.165) is 0 Å². The van der Waals surface area contributed by atoms with Crippen molar-refractivity contribution in [3.63, 3.8) is 0 Å². The van der Waals surface area contributed by atoms with E-state index in [2.05, 4.69) is 0 Å². The molecule has 0 aliphatic heterocycles. The number of benzene rings is 2. The second-order valence-electron chi connectivity index (χ2n) is 4.93. The van der Waals surface area contributed by atoms with Gasteiger partial charge in [0.2, 0.25) is 0 Å². The molecule has 0 radical (unpaired) electrons. The number of carbonyl (C=O) groups is 2. The molecule has 4 heteroatoms. The molecule has 0 heterocycles. The molecule has 0 amide bonds. The zero-order valence-electron chi connectivity index (χ0n) is 11.8. The first kappa shape index (κ1) is 13.4. The molecule has 0 bridgehead atoms. The van der Waals surface area contributed by atoms with Crippen LogP contribution in [0.5, 0.6) is 11.5 Å². The largest absolute Gasteiger partial charge is 0.507 e. The van der Waals surface area contributed by atoms with Crippen LogP contribution in [0.1, 0.15) is 44.3 Å². The number of aromatic hydroxyl groups is 1. The molecule has 0 unspecified atom stereocenters. The normalized spacial score (nSPS) is 12.9. The number of hydrogen-bond donors (Lipinski definition) is 1. The molecule has 106 valence electrons. The fourth-order valence-corrected chi connectivity index (χ4v) is 2.64. The Hall–Kier alpha value is -2.62. The molecule has 21 heavy (non-hydrogen) atoms. The number of fused-ring (bicyclic) bond motifs is 2. The lowest BCUT2D eigenvalue weighted by atomic mass is 9.82. The van der Waals surface area contributed by atoms with Gasteiger partial charge in [-0.1, -0.05) is 24.3 Å². The second-order valence-corrected chi connectivity index (χ2v) is 4.93. The molecule has 1 N–H and O–H groups in total. The summed E-state index contributed by atoms with van der Waals surface area (Å²) in [6.45, 7) is 3.85. The smallest absolute Gasteiger partial charge is 0.198 e. The average Bonchev–Trinajstić information content (AvgIpc) is 2.48. The first-order chi connectivity index (χ1) is 10.1. The highest BCUT2D eigenvalue weighted by molar-refractivity contribution is 6.30. The number of ether oxygens (including phenoxy) is 1. The van der Waals surface area contributed by atoms with Gasteiger partial charge in [0.05, 0.1) is 17.7 Å². The lowest BCUT2D eigenvalue weighted by Gasteiger charge is -2.22. The molecule has 0 fully saturated rings. The highest BCUT2D eigenvalue weighted by atomic mass is 16.5. The maximum atomic E-state index is 12.7. The maximum Gasteiger partial charge on any atom is 0.198 e. The van der Waals surface area contributed by atoms with Crippen molar-refractivity contribution in [2.45, 2.75) is 13.8 Å². The number of phenolic OH excluding ortho intramolecular Hbond substituents is 1. The highest BCUT2D eigenvalue weighted by Gasteiger charge is 2.35. The van der Waals surface area contributed by atoms with Crippen molar-refractivity contribution in [1.82, 2.24) is 0 Å². The van der Waals surface area contributed by atoms with E-state index in [9.17, 15) is 14.7 Å². The van der Waals surface area contributed by atoms with Crippen molar-refractivity contribution in [2.24, 2.45) is 0 Å². The Balaban J connectivity index is 2.36. The van der Waals surface area contributed by atoms with Crippen LogP contribution < -0.4 is 4.74 Å². The van der Waals surface area contributed by atoms with Crippen LogP contribution in [-0.2, 0) is 0 Å². The summed E-state index contributed by atoms with van der Waals surface area (Å²) < 4.78 is 5.49. The molecule has 0 saturated carbocycles. The maximum absolute atomic E-state index is 12.7. The van der Waals surface area contributed by atoms with Gasteiger partial charge in [-0.05, 0) is 25.5 Å². The van der Waals surface area contributed by atoms with E-state index in [1.54, 1.807) is 44.2 Å². The Morgan fingerprint density at radius 3 is 2.19 bits per heavy atom. The predicted molar refractivity (Wildman–Crippen MR) is 77.3 cm³/mol. The van der Waals surface area contributed by atoms with Gasteiger partial charge in [-0.2, -0.15) is 0 Å². The van der Waals surface area contributed by atoms with E-state index >= 15 is 0 Å². The monoisotopic (exact) mass is 282 g/mol. The molecular weight excluding hydrogens is 268 g/mol. The van der Waals surface area contributed by atoms with Crippen LogP contribution >= 0.6 is 0 Å². The Kier molecular flexibility index (Phi) is 3.01. The fraction of sp³-hybridized carbons (Fsp3) is 0.176. The summed E-state index contributed by atoms with van der Waals surface area (Å²) in [5.41, 5.74) is 1.38. The zero-order chi connectivity index (χ0) is 15.1. The van der Waals surface area contributed by atoms with Gasteiger partial charge in [0.15, 0.2) is 11.6 Å². The van der Waals surface area contributed by atoms with Gasteiger partial charge in [-0.3, -0.25) is 9.59 Å². The Morgan fingerprint density at radius 1 is 1.05 bits per heavy atom. The van der Waals surface area contributed by atoms with Crippen LogP contribution in [0.4, 0.5) is 0 Å². The Labute approximate surface area is 122 Å². The van der Waals surface area contributed by atoms with Crippen LogP contribution in [0.3, 0.4) is 0 Å². The van der Waals surface area contributed by atoms with Gasteiger partial charge in [-0.25, -0.2) is 0 Å². The van der Waals surface area contributed by atoms with E-state index < -0.39 is 0 Å². The first-order valence-electron chi connectivity index (χ1n) is 6.74. The van der Waals surface area contributed by atoms with Crippen LogP contribution in [0, 0.1) is 6.92 Å². The van der Waals surface area contributed by atoms with Crippen molar-refractivity contribution in [3.05, 3.63) is 58.1 Å².